The van der Waals surface area contributed by atoms with Crippen molar-refractivity contribution in [3.63, 3.8) is 0 Å². The van der Waals surface area contributed by atoms with Gasteiger partial charge in [-0.05, 0) is 43.0 Å². The number of nitrogens with zero attached hydrogens (tertiary/aromatic N) is 1. The van der Waals surface area contributed by atoms with E-state index in [4.69, 9.17) is 9.88 Å². The highest BCUT2D eigenvalue weighted by molar-refractivity contribution is 7.89. The van der Waals surface area contributed by atoms with Crippen LogP contribution in [0.2, 0.25) is 0 Å². The molecular weight excluding hydrogens is 292 g/mol. The molecule has 1 atom stereocenters. The van der Waals surface area contributed by atoms with Gasteiger partial charge in [-0.2, -0.15) is 0 Å². The van der Waals surface area contributed by atoms with Gasteiger partial charge in [0, 0.05) is 13.1 Å². The number of hydrogen-bond donors (Lipinski definition) is 1. The summed E-state index contributed by atoms with van der Waals surface area (Å²) in [7, 11) is -3.70. The molecule has 1 amide bonds. The second-order valence-corrected chi connectivity index (χ2v) is 6.95. The van der Waals surface area contributed by atoms with Gasteiger partial charge in [0.2, 0.25) is 10.0 Å². The van der Waals surface area contributed by atoms with Crippen LogP contribution in [0.15, 0.2) is 29.2 Å². The van der Waals surface area contributed by atoms with Crippen molar-refractivity contribution < 1.29 is 17.9 Å². The molecule has 0 saturated carbocycles. The Kier molecular flexibility index (Phi) is 4.84. The molecule has 0 aliphatic carbocycles. The summed E-state index contributed by atoms with van der Waals surface area (Å²) in [5.41, 5.74) is 0. The van der Waals surface area contributed by atoms with Crippen molar-refractivity contribution in [3.8, 4) is 5.75 Å². The summed E-state index contributed by atoms with van der Waals surface area (Å²) < 4.78 is 27.6. The Bertz CT molecular complexity index is 598. The first-order valence-electron chi connectivity index (χ1n) is 6.89. The lowest BCUT2D eigenvalue weighted by Gasteiger charge is -2.30. The number of sulfonamides is 1. The SMILES string of the molecule is C[C@H]1CCCN(C(=O)COc2ccc(S(N)(=O)=O)cc2)C1. The van der Waals surface area contributed by atoms with E-state index in [0.717, 1.165) is 25.9 Å². The Hall–Kier alpha value is -1.60. The summed E-state index contributed by atoms with van der Waals surface area (Å²) in [6.45, 7) is 3.64. The number of amides is 1. The minimum atomic E-state index is -3.70. The summed E-state index contributed by atoms with van der Waals surface area (Å²) >= 11 is 0. The molecular formula is C14H20N2O4S. The van der Waals surface area contributed by atoms with E-state index in [1.807, 2.05) is 4.90 Å². The Morgan fingerprint density at radius 1 is 1.38 bits per heavy atom. The maximum Gasteiger partial charge on any atom is 0.260 e. The van der Waals surface area contributed by atoms with E-state index < -0.39 is 10.0 Å². The van der Waals surface area contributed by atoms with Crippen molar-refractivity contribution >= 4 is 15.9 Å². The summed E-state index contributed by atoms with van der Waals surface area (Å²) in [4.78, 5) is 13.9. The minimum Gasteiger partial charge on any atom is -0.484 e. The molecule has 0 bridgehead atoms. The van der Waals surface area contributed by atoms with Crippen LogP contribution in [0.25, 0.3) is 0 Å². The molecule has 1 aliphatic heterocycles. The molecule has 1 heterocycles. The fourth-order valence-corrected chi connectivity index (χ4v) is 2.89. The summed E-state index contributed by atoms with van der Waals surface area (Å²) in [6.07, 6.45) is 2.18. The van der Waals surface area contributed by atoms with Crippen LogP contribution in [0.3, 0.4) is 0 Å². The number of nitrogens with two attached hydrogens (primary N) is 1. The molecule has 0 unspecified atom stereocenters. The number of benzene rings is 1. The smallest absolute Gasteiger partial charge is 0.260 e. The average molecular weight is 312 g/mol. The van der Waals surface area contributed by atoms with Crippen molar-refractivity contribution in [2.75, 3.05) is 19.7 Å². The molecule has 2 rings (SSSR count). The zero-order chi connectivity index (χ0) is 15.5. The van der Waals surface area contributed by atoms with E-state index in [2.05, 4.69) is 6.92 Å². The third-order valence-electron chi connectivity index (χ3n) is 3.52. The zero-order valence-corrected chi connectivity index (χ0v) is 12.8. The van der Waals surface area contributed by atoms with Gasteiger partial charge in [0.05, 0.1) is 4.90 Å². The highest BCUT2D eigenvalue weighted by atomic mass is 32.2. The average Bonchev–Trinajstić information content (AvgIpc) is 2.44. The van der Waals surface area contributed by atoms with Crippen LogP contribution in [-0.2, 0) is 14.8 Å². The molecule has 7 heteroatoms. The molecule has 1 aromatic carbocycles. The Labute approximate surface area is 124 Å². The molecule has 6 nitrogen and oxygen atoms in total. The topological polar surface area (TPSA) is 89.7 Å². The number of piperidine rings is 1. The maximum absolute atomic E-state index is 12.0. The lowest BCUT2D eigenvalue weighted by atomic mass is 10.0. The third-order valence-corrected chi connectivity index (χ3v) is 4.45. The quantitative estimate of drug-likeness (QED) is 0.897. The van der Waals surface area contributed by atoms with Gasteiger partial charge in [0.1, 0.15) is 5.75 Å². The fourth-order valence-electron chi connectivity index (χ4n) is 2.38. The van der Waals surface area contributed by atoms with Crippen LogP contribution in [0.4, 0.5) is 0 Å². The molecule has 1 aromatic rings. The minimum absolute atomic E-state index is 0.0195. The van der Waals surface area contributed by atoms with E-state index in [0.29, 0.717) is 11.7 Å². The number of likely N-dealkylation sites (tertiary alicyclic amines) is 1. The Balaban J connectivity index is 1.89. The van der Waals surface area contributed by atoms with Crippen LogP contribution in [0, 0.1) is 5.92 Å². The predicted molar refractivity (Wildman–Crippen MR) is 78.3 cm³/mol. The lowest BCUT2D eigenvalue weighted by molar-refractivity contribution is -0.135. The van der Waals surface area contributed by atoms with Crippen molar-refractivity contribution in [1.82, 2.24) is 4.90 Å². The maximum atomic E-state index is 12.0. The molecule has 21 heavy (non-hydrogen) atoms. The standard InChI is InChI=1S/C14H20N2O4S/c1-11-3-2-8-16(9-11)14(17)10-20-12-4-6-13(7-5-12)21(15,18)19/h4-7,11H,2-3,8-10H2,1H3,(H2,15,18,19)/t11-/m0/s1. The summed E-state index contributed by atoms with van der Waals surface area (Å²) in [5.74, 6) is 0.926. The largest absolute Gasteiger partial charge is 0.484 e. The van der Waals surface area contributed by atoms with Gasteiger partial charge in [-0.15, -0.1) is 0 Å². The number of carbonyl (C=O) groups excluding carboxylic acids is 1. The van der Waals surface area contributed by atoms with Crippen LogP contribution < -0.4 is 9.88 Å². The second-order valence-electron chi connectivity index (χ2n) is 5.39. The molecule has 0 spiro atoms. The number of ether oxygens (including phenoxy) is 1. The number of carbonyl (C=O) groups is 1. The van der Waals surface area contributed by atoms with Gasteiger partial charge in [0.25, 0.3) is 5.91 Å². The molecule has 2 N–H and O–H groups in total. The Morgan fingerprint density at radius 3 is 2.62 bits per heavy atom. The third kappa shape index (κ3) is 4.44. The molecule has 1 fully saturated rings. The number of hydrogen-bond acceptors (Lipinski definition) is 4. The zero-order valence-electron chi connectivity index (χ0n) is 12.0. The van der Waals surface area contributed by atoms with Gasteiger partial charge in [-0.1, -0.05) is 6.92 Å². The highest BCUT2D eigenvalue weighted by Gasteiger charge is 2.21. The fraction of sp³-hybridized carbons (Fsp3) is 0.500. The first-order valence-corrected chi connectivity index (χ1v) is 8.44. The van der Waals surface area contributed by atoms with E-state index in [-0.39, 0.29) is 17.4 Å². The van der Waals surface area contributed by atoms with Crippen molar-refractivity contribution in [2.24, 2.45) is 11.1 Å². The molecule has 1 saturated heterocycles. The second kappa shape index (κ2) is 6.44. The molecule has 0 radical (unpaired) electrons. The first kappa shape index (κ1) is 15.8. The molecule has 1 aliphatic rings. The molecule has 116 valence electrons. The first-order chi connectivity index (χ1) is 9.86. The molecule has 0 aromatic heterocycles. The Morgan fingerprint density at radius 2 is 2.05 bits per heavy atom. The van der Waals surface area contributed by atoms with Crippen LogP contribution in [-0.4, -0.2) is 38.9 Å². The van der Waals surface area contributed by atoms with Gasteiger partial charge in [-0.25, -0.2) is 13.6 Å². The highest BCUT2D eigenvalue weighted by Crippen LogP contribution is 2.17. The van der Waals surface area contributed by atoms with Gasteiger partial charge in [-0.3, -0.25) is 4.79 Å². The normalized spacial score (nSPS) is 19.3. The predicted octanol–water partition coefficient (Wildman–Crippen LogP) is 0.971. The number of rotatable bonds is 4. The van der Waals surface area contributed by atoms with Crippen molar-refractivity contribution in [2.45, 2.75) is 24.7 Å². The van der Waals surface area contributed by atoms with E-state index in [9.17, 15) is 13.2 Å². The monoisotopic (exact) mass is 312 g/mol. The van der Waals surface area contributed by atoms with Gasteiger partial charge < -0.3 is 9.64 Å². The number of primary sulfonamides is 1. The summed E-state index contributed by atoms with van der Waals surface area (Å²) in [5, 5.41) is 5.01. The van der Waals surface area contributed by atoms with Crippen LogP contribution in [0.1, 0.15) is 19.8 Å². The van der Waals surface area contributed by atoms with E-state index in [1.165, 1.54) is 24.3 Å². The van der Waals surface area contributed by atoms with Gasteiger partial charge >= 0.3 is 0 Å². The van der Waals surface area contributed by atoms with Gasteiger partial charge in [0.15, 0.2) is 6.61 Å². The van der Waals surface area contributed by atoms with E-state index >= 15 is 0 Å². The van der Waals surface area contributed by atoms with Crippen molar-refractivity contribution in [1.29, 1.82) is 0 Å². The van der Waals surface area contributed by atoms with Crippen LogP contribution >= 0.6 is 0 Å². The summed E-state index contributed by atoms with van der Waals surface area (Å²) in [6, 6.07) is 5.70. The lowest BCUT2D eigenvalue weighted by Crippen LogP contribution is -2.41. The van der Waals surface area contributed by atoms with E-state index in [1.54, 1.807) is 0 Å². The van der Waals surface area contributed by atoms with Crippen LogP contribution in [0.5, 0.6) is 5.75 Å². The van der Waals surface area contributed by atoms with Crippen molar-refractivity contribution in [3.05, 3.63) is 24.3 Å².